The van der Waals surface area contributed by atoms with Crippen LogP contribution in [0.3, 0.4) is 0 Å². The Bertz CT molecular complexity index is 560. The molecule has 1 spiro atoms. The van der Waals surface area contributed by atoms with Gasteiger partial charge in [0.25, 0.3) is 0 Å². The molecule has 6 nitrogen and oxygen atoms in total. The number of nitrogens with zero attached hydrogens (tertiary/aromatic N) is 3. The molecule has 1 aliphatic carbocycles. The van der Waals surface area contributed by atoms with E-state index in [0.717, 1.165) is 58.2 Å². The van der Waals surface area contributed by atoms with Crippen LogP contribution in [0.4, 0.5) is 4.79 Å². The molecule has 3 unspecified atom stereocenters. The van der Waals surface area contributed by atoms with Crippen molar-refractivity contribution in [1.29, 1.82) is 0 Å². The highest BCUT2D eigenvalue weighted by atomic mass is 16.4. The fraction of sp³-hybridized carbons (Fsp3) is 0.895. The van der Waals surface area contributed by atoms with Crippen LogP contribution >= 0.6 is 0 Å². The lowest BCUT2D eigenvalue weighted by atomic mass is 9.54. The highest BCUT2D eigenvalue weighted by Crippen LogP contribution is 2.56. The quantitative estimate of drug-likeness (QED) is 0.794. The van der Waals surface area contributed by atoms with Crippen LogP contribution in [-0.2, 0) is 4.79 Å². The van der Waals surface area contributed by atoms with Crippen molar-refractivity contribution in [2.24, 2.45) is 11.3 Å². The fourth-order valence-electron chi connectivity index (χ4n) is 6.22. The van der Waals surface area contributed by atoms with Crippen molar-refractivity contribution >= 4 is 12.0 Å². The Morgan fingerprint density at radius 3 is 2.52 bits per heavy atom. The Balaban J connectivity index is 1.33. The minimum atomic E-state index is -0.760. The van der Waals surface area contributed by atoms with Crippen molar-refractivity contribution in [1.82, 2.24) is 14.7 Å². The molecule has 1 saturated carbocycles. The third-order valence-corrected chi connectivity index (χ3v) is 7.56. The van der Waals surface area contributed by atoms with E-state index in [4.69, 9.17) is 0 Å². The van der Waals surface area contributed by atoms with E-state index in [1.165, 1.54) is 0 Å². The minimum Gasteiger partial charge on any atom is -0.465 e. The van der Waals surface area contributed by atoms with Gasteiger partial charge in [-0.3, -0.25) is 9.69 Å². The lowest BCUT2D eigenvalue weighted by Gasteiger charge is -2.59. The van der Waals surface area contributed by atoms with Crippen LogP contribution in [0.5, 0.6) is 0 Å². The minimum absolute atomic E-state index is 0.233. The summed E-state index contributed by atoms with van der Waals surface area (Å²) in [7, 11) is 0. The first-order valence-corrected chi connectivity index (χ1v) is 9.98. The topological polar surface area (TPSA) is 64.1 Å². The first-order valence-electron chi connectivity index (χ1n) is 9.98. The van der Waals surface area contributed by atoms with E-state index >= 15 is 0 Å². The van der Waals surface area contributed by atoms with Gasteiger partial charge in [0.2, 0.25) is 5.91 Å². The third-order valence-electron chi connectivity index (χ3n) is 7.56. The Hall–Kier alpha value is -1.30. The zero-order valence-corrected chi connectivity index (χ0v) is 15.5. The van der Waals surface area contributed by atoms with E-state index in [-0.39, 0.29) is 5.41 Å². The maximum atomic E-state index is 11.8. The van der Waals surface area contributed by atoms with Gasteiger partial charge in [-0.15, -0.1) is 0 Å². The predicted molar refractivity (Wildman–Crippen MR) is 94.4 cm³/mol. The summed E-state index contributed by atoms with van der Waals surface area (Å²) in [5, 5.41) is 9.27. The van der Waals surface area contributed by atoms with E-state index in [2.05, 4.69) is 23.6 Å². The fourth-order valence-corrected chi connectivity index (χ4v) is 6.22. The molecule has 3 heterocycles. The van der Waals surface area contributed by atoms with Crippen LogP contribution in [0.1, 0.15) is 52.4 Å². The van der Waals surface area contributed by atoms with Gasteiger partial charge in [0.15, 0.2) is 0 Å². The van der Waals surface area contributed by atoms with Gasteiger partial charge in [0.1, 0.15) is 0 Å². The summed E-state index contributed by atoms with van der Waals surface area (Å²) in [5.41, 5.74) is 0.233. The second kappa shape index (κ2) is 6.15. The lowest BCUT2D eigenvalue weighted by Crippen LogP contribution is -2.64. The number of hydrogen-bond acceptors (Lipinski definition) is 3. The van der Waals surface area contributed by atoms with E-state index in [0.29, 0.717) is 36.5 Å². The Morgan fingerprint density at radius 1 is 1.28 bits per heavy atom. The molecule has 3 aliphatic heterocycles. The molecule has 25 heavy (non-hydrogen) atoms. The summed E-state index contributed by atoms with van der Waals surface area (Å²) in [5.74, 6) is 0.956. The number of piperidine rings is 1. The van der Waals surface area contributed by atoms with Gasteiger partial charge in [0, 0.05) is 50.7 Å². The third kappa shape index (κ3) is 2.64. The second-order valence-corrected chi connectivity index (χ2v) is 8.72. The van der Waals surface area contributed by atoms with Crippen molar-refractivity contribution in [2.75, 3.05) is 26.2 Å². The molecule has 0 aromatic rings. The largest absolute Gasteiger partial charge is 0.465 e. The zero-order valence-electron chi connectivity index (χ0n) is 15.5. The molecule has 4 atom stereocenters. The second-order valence-electron chi connectivity index (χ2n) is 8.72. The molecule has 3 saturated heterocycles. The van der Waals surface area contributed by atoms with Crippen molar-refractivity contribution in [3.8, 4) is 0 Å². The van der Waals surface area contributed by atoms with Gasteiger partial charge < -0.3 is 14.9 Å². The normalized spacial score (nSPS) is 39.6. The van der Waals surface area contributed by atoms with Crippen LogP contribution < -0.4 is 0 Å². The number of carboxylic acid groups (broad SMARTS) is 1. The van der Waals surface area contributed by atoms with Gasteiger partial charge in [-0.2, -0.15) is 0 Å². The van der Waals surface area contributed by atoms with Crippen molar-refractivity contribution in [3.05, 3.63) is 0 Å². The number of rotatable bonds is 3. The highest BCUT2D eigenvalue weighted by molar-refractivity contribution is 5.83. The predicted octanol–water partition coefficient (Wildman–Crippen LogP) is 2.24. The molecule has 4 rings (SSSR count). The molecule has 0 radical (unpaired) electrons. The maximum absolute atomic E-state index is 11.8. The van der Waals surface area contributed by atoms with E-state index in [1.54, 1.807) is 4.90 Å². The van der Waals surface area contributed by atoms with Gasteiger partial charge in [0.05, 0.1) is 0 Å². The van der Waals surface area contributed by atoms with E-state index in [1.807, 2.05) is 0 Å². The molecule has 4 fully saturated rings. The zero-order chi connectivity index (χ0) is 17.8. The first-order chi connectivity index (χ1) is 11.9. The van der Waals surface area contributed by atoms with E-state index < -0.39 is 6.09 Å². The van der Waals surface area contributed by atoms with Gasteiger partial charge in [-0.1, -0.05) is 13.3 Å². The number of carbonyl (C=O) groups is 2. The number of β-lactam (4-membered cyclic amide) rings is 1. The molecule has 6 heteroatoms. The Kier molecular flexibility index (Phi) is 4.21. The number of carbonyl (C=O) groups excluding carboxylic acids is 1. The Morgan fingerprint density at radius 2 is 2.00 bits per heavy atom. The number of amides is 2. The molecule has 2 amide bonds. The highest BCUT2D eigenvalue weighted by Gasteiger charge is 2.58. The molecule has 0 aromatic heterocycles. The molecule has 0 aromatic carbocycles. The summed E-state index contributed by atoms with van der Waals surface area (Å²) in [6.07, 6.45) is 5.48. The molecule has 0 bridgehead atoms. The van der Waals surface area contributed by atoms with Crippen LogP contribution in [0, 0.1) is 11.3 Å². The maximum Gasteiger partial charge on any atom is 0.407 e. The lowest BCUT2D eigenvalue weighted by molar-refractivity contribution is -0.152. The molecule has 4 aliphatic rings. The van der Waals surface area contributed by atoms with Gasteiger partial charge >= 0.3 is 6.09 Å². The van der Waals surface area contributed by atoms with Crippen molar-refractivity contribution in [2.45, 2.75) is 70.5 Å². The van der Waals surface area contributed by atoms with Gasteiger partial charge in [-0.25, -0.2) is 4.79 Å². The van der Waals surface area contributed by atoms with Crippen molar-refractivity contribution in [3.63, 3.8) is 0 Å². The number of likely N-dealkylation sites (tertiary alicyclic amines) is 3. The molecule has 1 N–H and O–H groups in total. The SMILES string of the molecule is CCC1C(N2CCC(N3C(=O)C[C@@H]3C)CC2)CC12CCN(C(=O)O)C2. The first kappa shape index (κ1) is 17.1. The van der Waals surface area contributed by atoms with Crippen LogP contribution in [-0.4, -0.2) is 76.1 Å². The Labute approximate surface area is 150 Å². The number of hydrogen-bond donors (Lipinski definition) is 1. The van der Waals surface area contributed by atoms with Crippen LogP contribution in [0.2, 0.25) is 0 Å². The van der Waals surface area contributed by atoms with Crippen molar-refractivity contribution < 1.29 is 14.7 Å². The molecular weight excluding hydrogens is 318 g/mol. The average Bonchev–Trinajstić information content (AvgIpc) is 3.01. The van der Waals surface area contributed by atoms with Crippen LogP contribution in [0.15, 0.2) is 0 Å². The van der Waals surface area contributed by atoms with Gasteiger partial charge in [-0.05, 0) is 43.9 Å². The summed E-state index contributed by atoms with van der Waals surface area (Å²) in [6.45, 7) is 8.02. The average molecular weight is 349 g/mol. The summed E-state index contributed by atoms with van der Waals surface area (Å²) in [4.78, 5) is 29.5. The molecular formula is C19H31N3O3. The van der Waals surface area contributed by atoms with E-state index in [9.17, 15) is 14.7 Å². The molecule has 140 valence electrons. The summed E-state index contributed by atoms with van der Waals surface area (Å²) in [6, 6.07) is 1.49. The van der Waals surface area contributed by atoms with Crippen LogP contribution in [0.25, 0.3) is 0 Å². The summed E-state index contributed by atoms with van der Waals surface area (Å²) >= 11 is 0. The monoisotopic (exact) mass is 349 g/mol. The summed E-state index contributed by atoms with van der Waals surface area (Å²) < 4.78 is 0. The smallest absolute Gasteiger partial charge is 0.407 e. The standard InChI is InChI=1S/C19H31N3O3/c1-3-15-16(11-19(15)6-9-21(12-19)18(24)25)20-7-4-14(5-8-20)22-13(2)10-17(22)23/h13-16H,3-12H2,1-2H3,(H,24,25)/t13-,15?,16?,19?/m0/s1.